The maximum Gasteiger partial charge on any atom is 0.410 e. The highest BCUT2D eigenvalue weighted by Crippen LogP contribution is 2.25. The minimum atomic E-state index is -0.833. The van der Waals surface area contributed by atoms with Crippen LogP contribution in [0.5, 0.6) is 0 Å². The van der Waals surface area contributed by atoms with Crippen molar-refractivity contribution in [2.75, 3.05) is 6.54 Å². The first-order valence-electron chi connectivity index (χ1n) is 9.57. The van der Waals surface area contributed by atoms with E-state index in [4.69, 9.17) is 19.4 Å². The SMILES string of the molecule is CC(=O)O.CC(C)(C)OC(=O)c1c2c(nn1CC=O)CCN(C(=O)OC(C)(C)C)C2. The van der Waals surface area contributed by atoms with E-state index in [0.29, 0.717) is 30.5 Å². The smallest absolute Gasteiger partial charge is 0.410 e. The zero-order valence-corrected chi connectivity index (χ0v) is 18.6. The van der Waals surface area contributed by atoms with Gasteiger partial charge in [-0.25, -0.2) is 9.59 Å². The number of fused-ring (bicyclic) bond motifs is 1. The number of hydrogen-bond acceptors (Lipinski definition) is 7. The first kappa shape index (κ1) is 25.1. The number of rotatable bonds is 3. The van der Waals surface area contributed by atoms with Crippen LogP contribution in [0, 0.1) is 0 Å². The number of esters is 1. The molecular weight excluding hydrogens is 394 g/mol. The maximum atomic E-state index is 12.7. The molecule has 0 spiro atoms. The van der Waals surface area contributed by atoms with Gasteiger partial charge in [-0.05, 0) is 41.5 Å². The second-order valence-corrected chi connectivity index (χ2v) is 8.80. The summed E-state index contributed by atoms with van der Waals surface area (Å²) in [5.74, 6) is -1.39. The van der Waals surface area contributed by atoms with Crippen molar-refractivity contribution < 1.29 is 33.8 Å². The fourth-order valence-corrected chi connectivity index (χ4v) is 2.67. The molecule has 0 aliphatic carbocycles. The largest absolute Gasteiger partial charge is 0.481 e. The molecule has 0 radical (unpaired) electrons. The van der Waals surface area contributed by atoms with Gasteiger partial charge in [0.15, 0.2) is 5.69 Å². The quantitative estimate of drug-likeness (QED) is 0.578. The molecule has 0 atom stereocenters. The van der Waals surface area contributed by atoms with Crippen LogP contribution in [0.2, 0.25) is 0 Å². The molecule has 10 heteroatoms. The van der Waals surface area contributed by atoms with Gasteiger partial charge in [-0.1, -0.05) is 0 Å². The van der Waals surface area contributed by atoms with Crippen LogP contribution in [0.25, 0.3) is 0 Å². The molecule has 2 heterocycles. The van der Waals surface area contributed by atoms with Gasteiger partial charge in [-0.3, -0.25) is 9.48 Å². The predicted octanol–water partition coefficient (Wildman–Crippen LogP) is 2.42. The molecule has 2 rings (SSSR count). The monoisotopic (exact) mass is 425 g/mol. The third-order valence-electron chi connectivity index (χ3n) is 3.59. The Balaban J connectivity index is 0.00000103. The number of hydrogen-bond donors (Lipinski definition) is 1. The topological polar surface area (TPSA) is 128 Å². The molecule has 1 aromatic heterocycles. The summed E-state index contributed by atoms with van der Waals surface area (Å²) in [5.41, 5.74) is 0.244. The van der Waals surface area contributed by atoms with E-state index in [1.807, 2.05) is 0 Å². The molecule has 1 aromatic rings. The van der Waals surface area contributed by atoms with E-state index in [9.17, 15) is 14.4 Å². The summed E-state index contributed by atoms with van der Waals surface area (Å²) >= 11 is 0. The van der Waals surface area contributed by atoms with E-state index in [0.717, 1.165) is 6.92 Å². The van der Waals surface area contributed by atoms with Crippen molar-refractivity contribution in [2.24, 2.45) is 0 Å². The van der Waals surface area contributed by atoms with Gasteiger partial charge in [0.1, 0.15) is 17.5 Å². The first-order chi connectivity index (χ1) is 13.6. The van der Waals surface area contributed by atoms with E-state index >= 15 is 0 Å². The Bertz CT molecular complexity index is 797. The minimum absolute atomic E-state index is 0.0476. The zero-order chi connectivity index (χ0) is 23.3. The van der Waals surface area contributed by atoms with Gasteiger partial charge in [0.2, 0.25) is 0 Å². The summed E-state index contributed by atoms with van der Waals surface area (Å²) in [7, 11) is 0. The van der Waals surface area contributed by atoms with Crippen molar-refractivity contribution in [3.05, 3.63) is 17.0 Å². The lowest BCUT2D eigenvalue weighted by Crippen LogP contribution is -2.40. The lowest BCUT2D eigenvalue weighted by molar-refractivity contribution is -0.134. The van der Waals surface area contributed by atoms with E-state index in [1.54, 1.807) is 41.5 Å². The molecule has 0 bridgehead atoms. The standard InChI is InChI=1S/C18H27N3O5.C2H4O2/c1-17(2,3)25-15(23)14-12-11-20(16(24)26-18(4,5)6)8-7-13(12)19-21(14)9-10-22;1-2(3)4/h10H,7-9,11H2,1-6H3;1H3,(H,3,4). The second kappa shape index (κ2) is 9.73. The summed E-state index contributed by atoms with van der Waals surface area (Å²) < 4.78 is 12.2. The van der Waals surface area contributed by atoms with Crippen LogP contribution in [-0.2, 0) is 38.6 Å². The molecule has 1 aliphatic rings. The molecule has 10 nitrogen and oxygen atoms in total. The molecule has 30 heavy (non-hydrogen) atoms. The first-order valence-corrected chi connectivity index (χ1v) is 9.57. The number of nitrogens with zero attached hydrogens (tertiary/aromatic N) is 3. The van der Waals surface area contributed by atoms with Gasteiger partial charge < -0.3 is 24.3 Å². The molecule has 0 saturated carbocycles. The molecule has 0 saturated heterocycles. The summed E-state index contributed by atoms with van der Waals surface area (Å²) in [6.45, 7) is 12.4. The Kier molecular flexibility index (Phi) is 8.15. The molecule has 0 aromatic carbocycles. The van der Waals surface area contributed by atoms with Gasteiger partial charge in [0.25, 0.3) is 5.97 Å². The van der Waals surface area contributed by atoms with E-state index in [1.165, 1.54) is 9.58 Å². The fourth-order valence-electron chi connectivity index (χ4n) is 2.67. The molecule has 1 amide bonds. The highest BCUT2D eigenvalue weighted by atomic mass is 16.6. The lowest BCUT2D eigenvalue weighted by Gasteiger charge is -2.30. The summed E-state index contributed by atoms with van der Waals surface area (Å²) in [5, 5.41) is 11.8. The Morgan fingerprint density at radius 1 is 1.10 bits per heavy atom. The number of carbonyl (C=O) groups is 4. The van der Waals surface area contributed by atoms with Gasteiger partial charge in [-0.2, -0.15) is 5.10 Å². The third kappa shape index (κ3) is 7.84. The number of aliphatic carboxylic acids is 1. The van der Waals surface area contributed by atoms with Crippen LogP contribution in [0.4, 0.5) is 4.79 Å². The second-order valence-electron chi connectivity index (χ2n) is 8.80. The highest BCUT2D eigenvalue weighted by Gasteiger charge is 2.33. The fraction of sp³-hybridized carbons (Fsp3) is 0.650. The van der Waals surface area contributed by atoms with Gasteiger partial charge in [0.05, 0.1) is 18.8 Å². The molecule has 0 fully saturated rings. The van der Waals surface area contributed by atoms with Crippen LogP contribution < -0.4 is 0 Å². The zero-order valence-electron chi connectivity index (χ0n) is 18.6. The number of carboxylic acids is 1. The van der Waals surface area contributed by atoms with E-state index in [-0.39, 0.29) is 18.8 Å². The van der Waals surface area contributed by atoms with E-state index < -0.39 is 29.2 Å². The van der Waals surface area contributed by atoms with Crippen molar-refractivity contribution in [3.63, 3.8) is 0 Å². The van der Waals surface area contributed by atoms with Crippen LogP contribution in [0.3, 0.4) is 0 Å². The molecular formula is C20H31N3O7. The van der Waals surface area contributed by atoms with Crippen LogP contribution in [0.1, 0.15) is 70.2 Å². The maximum absolute atomic E-state index is 12.7. The number of aromatic nitrogens is 2. The van der Waals surface area contributed by atoms with Gasteiger partial charge >= 0.3 is 12.1 Å². The lowest BCUT2D eigenvalue weighted by atomic mass is 10.1. The summed E-state index contributed by atoms with van der Waals surface area (Å²) in [6, 6.07) is 0. The van der Waals surface area contributed by atoms with Crippen molar-refractivity contribution in [1.29, 1.82) is 0 Å². The van der Waals surface area contributed by atoms with Crippen molar-refractivity contribution in [3.8, 4) is 0 Å². The number of aldehydes is 1. The Morgan fingerprint density at radius 2 is 1.63 bits per heavy atom. The Hall–Kier alpha value is -2.91. The van der Waals surface area contributed by atoms with Gasteiger partial charge in [0, 0.05) is 25.5 Å². The number of ether oxygens (including phenoxy) is 2. The van der Waals surface area contributed by atoms with Crippen LogP contribution in [0.15, 0.2) is 0 Å². The predicted molar refractivity (Wildman–Crippen MR) is 107 cm³/mol. The summed E-state index contributed by atoms with van der Waals surface area (Å²) in [6.07, 6.45) is 0.718. The van der Waals surface area contributed by atoms with Crippen LogP contribution >= 0.6 is 0 Å². The number of carboxylic acid groups (broad SMARTS) is 1. The number of amides is 1. The molecule has 1 N–H and O–H groups in total. The molecule has 0 unspecified atom stereocenters. The average Bonchev–Trinajstić information content (AvgIpc) is 2.88. The summed E-state index contributed by atoms with van der Waals surface area (Å²) in [4.78, 5) is 46.5. The Morgan fingerprint density at radius 3 is 2.10 bits per heavy atom. The average molecular weight is 425 g/mol. The number of carbonyl (C=O) groups excluding carboxylic acids is 3. The normalized spacial score (nSPS) is 13.5. The van der Waals surface area contributed by atoms with Crippen molar-refractivity contribution in [1.82, 2.24) is 14.7 Å². The Labute approximate surface area is 176 Å². The van der Waals surface area contributed by atoms with Crippen LogP contribution in [-0.4, -0.2) is 61.9 Å². The third-order valence-corrected chi connectivity index (χ3v) is 3.59. The highest BCUT2D eigenvalue weighted by molar-refractivity contribution is 5.90. The van der Waals surface area contributed by atoms with Crippen molar-refractivity contribution >= 4 is 24.3 Å². The van der Waals surface area contributed by atoms with E-state index in [2.05, 4.69) is 5.10 Å². The van der Waals surface area contributed by atoms with Crippen molar-refractivity contribution in [2.45, 2.75) is 79.2 Å². The molecule has 1 aliphatic heterocycles. The minimum Gasteiger partial charge on any atom is -0.481 e. The molecule has 168 valence electrons. The van der Waals surface area contributed by atoms with Gasteiger partial charge in [-0.15, -0.1) is 0 Å².